The van der Waals surface area contributed by atoms with Crippen molar-refractivity contribution in [1.82, 2.24) is 4.72 Å². The number of rotatable bonds is 6. The molecule has 0 aliphatic rings. The molecule has 1 rings (SSSR count). The van der Waals surface area contributed by atoms with E-state index < -0.39 is 31.8 Å². The van der Waals surface area contributed by atoms with Crippen molar-refractivity contribution in [3.63, 3.8) is 0 Å². The molecule has 0 fully saturated rings. The molecule has 0 radical (unpaired) electrons. The van der Waals surface area contributed by atoms with Crippen LogP contribution in [0.25, 0.3) is 0 Å². The van der Waals surface area contributed by atoms with Crippen molar-refractivity contribution in [2.75, 3.05) is 17.5 Å². The van der Waals surface area contributed by atoms with Gasteiger partial charge in [-0.1, -0.05) is 12.1 Å². The number of aliphatic carboxylic acids is 1. The summed E-state index contributed by atoms with van der Waals surface area (Å²) in [6.07, 6.45) is 0. The Labute approximate surface area is 110 Å². The molecule has 106 valence electrons. The summed E-state index contributed by atoms with van der Waals surface area (Å²) in [5, 5.41) is 8.45. The van der Waals surface area contributed by atoms with E-state index in [9.17, 15) is 21.6 Å². The highest BCUT2D eigenvalue weighted by Crippen LogP contribution is 2.21. The molecule has 8 nitrogen and oxygen atoms in total. The topological polar surface area (TPSA) is 130 Å². The summed E-state index contributed by atoms with van der Waals surface area (Å²) in [4.78, 5) is 10.1. The van der Waals surface area contributed by atoms with Gasteiger partial charge in [-0.15, -0.1) is 0 Å². The smallest absolute Gasteiger partial charge is 0.320 e. The number of hydrogen-bond acceptors (Lipinski definition) is 5. The number of carboxylic acids is 1. The minimum Gasteiger partial charge on any atom is -0.480 e. The average Bonchev–Trinajstić information content (AvgIpc) is 2.27. The van der Waals surface area contributed by atoms with Crippen molar-refractivity contribution in [2.24, 2.45) is 0 Å². The maximum Gasteiger partial charge on any atom is 0.320 e. The van der Waals surface area contributed by atoms with Gasteiger partial charge < -0.3 is 5.11 Å². The van der Waals surface area contributed by atoms with E-state index in [4.69, 9.17) is 5.11 Å². The van der Waals surface area contributed by atoms with Gasteiger partial charge >= 0.3 is 5.97 Å². The third kappa shape index (κ3) is 4.19. The van der Waals surface area contributed by atoms with Gasteiger partial charge in [-0.2, -0.15) is 0 Å². The van der Waals surface area contributed by atoms with Crippen molar-refractivity contribution >= 4 is 31.7 Å². The van der Waals surface area contributed by atoms with Crippen LogP contribution in [0.4, 0.5) is 5.69 Å². The lowest BCUT2D eigenvalue weighted by molar-refractivity contribution is -0.134. The Bertz CT molecular complexity index is 680. The van der Waals surface area contributed by atoms with Crippen LogP contribution in [0.2, 0.25) is 0 Å². The van der Waals surface area contributed by atoms with Gasteiger partial charge in [0.2, 0.25) is 20.0 Å². The van der Waals surface area contributed by atoms with Crippen molar-refractivity contribution in [3.05, 3.63) is 24.3 Å². The Kier molecular flexibility index (Phi) is 4.50. The number of benzene rings is 1. The molecule has 10 heteroatoms. The van der Waals surface area contributed by atoms with Crippen molar-refractivity contribution in [3.8, 4) is 0 Å². The number of anilines is 1. The van der Waals surface area contributed by atoms with Gasteiger partial charge in [0.1, 0.15) is 4.90 Å². The molecule has 19 heavy (non-hydrogen) atoms. The Morgan fingerprint density at radius 1 is 1.21 bits per heavy atom. The molecule has 0 heterocycles. The summed E-state index contributed by atoms with van der Waals surface area (Å²) in [7, 11) is -6.84. The van der Waals surface area contributed by atoms with Gasteiger partial charge in [0.25, 0.3) is 0 Å². The highest BCUT2D eigenvalue weighted by Gasteiger charge is 2.21. The Balaban J connectivity index is 3.21. The number of carboxylic acid groups (broad SMARTS) is 1. The first-order valence-corrected chi connectivity index (χ1v) is 8.06. The highest BCUT2D eigenvalue weighted by atomic mass is 32.2. The third-order valence-electron chi connectivity index (χ3n) is 2.02. The van der Waals surface area contributed by atoms with Crippen LogP contribution < -0.4 is 9.44 Å². The first kappa shape index (κ1) is 15.4. The fraction of sp³-hybridized carbons (Fsp3) is 0.222. The normalized spacial score (nSPS) is 12.1. The molecule has 0 atom stereocenters. The maximum atomic E-state index is 11.7. The fourth-order valence-electron chi connectivity index (χ4n) is 1.26. The summed E-state index contributed by atoms with van der Waals surface area (Å²) in [5.41, 5.74) is -0.210. The average molecular weight is 308 g/mol. The van der Waals surface area contributed by atoms with Crippen LogP contribution in [0.1, 0.15) is 0 Å². The Morgan fingerprint density at radius 3 is 2.32 bits per heavy atom. The summed E-state index contributed by atoms with van der Waals surface area (Å²) in [6, 6.07) is 5.26. The van der Waals surface area contributed by atoms with Gasteiger partial charge in [0.15, 0.2) is 5.75 Å². The summed E-state index contributed by atoms with van der Waals surface area (Å²) < 4.78 is 50.3. The molecular weight excluding hydrogens is 296 g/mol. The number of nitrogens with one attached hydrogen (secondary N) is 2. The molecular formula is C9H12N2O6S2. The van der Waals surface area contributed by atoms with Crippen molar-refractivity contribution in [2.45, 2.75) is 4.90 Å². The van der Waals surface area contributed by atoms with E-state index in [1.54, 1.807) is 0 Å². The van der Waals surface area contributed by atoms with Gasteiger partial charge in [-0.05, 0) is 19.2 Å². The molecule has 0 spiro atoms. The van der Waals surface area contributed by atoms with Gasteiger partial charge in [0, 0.05) is 0 Å². The van der Waals surface area contributed by atoms with Gasteiger partial charge in [-0.25, -0.2) is 21.6 Å². The number of hydrogen-bond donors (Lipinski definition) is 3. The molecule has 1 aromatic carbocycles. The Hall–Kier alpha value is -1.65. The third-order valence-corrected chi connectivity index (χ3v) is 4.65. The zero-order valence-corrected chi connectivity index (χ0v) is 11.5. The highest BCUT2D eigenvalue weighted by molar-refractivity contribution is 7.93. The van der Waals surface area contributed by atoms with Gasteiger partial charge in [0.05, 0.1) is 5.69 Å². The zero-order chi connectivity index (χ0) is 14.7. The van der Waals surface area contributed by atoms with E-state index >= 15 is 0 Å². The predicted molar refractivity (Wildman–Crippen MR) is 67.7 cm³/mol. The summed E-state index contributed by atoms with van der Waals surface area (Å²) >= 11 is 0. The van der Waals surface area contributed by atoms with Crippen LogP contribution in [-0.2, 0) is 24.8 Å². The second-order valence-corrected chi connectivity index (χ2v) is 7.04. The molecule has 1 aromatic rings. The minimum absolute atomic E-state index is 0.210. The lowest BCUT2D eigenvalue weighted by Crippen LogP contribution is -2.25. The summed E-state index contributed by atoms with van der Waals surface area (Å²) in [6.45, 7) is 0. The number of carbonyl (C=O) groups is 1. The predicted octanol–water partition coefficient (Wildman–Crippen LogP) is -0.579. The van der Waals surface area contributed by atoms with Crippen LogP contribution in [0.3, 0.4) is 0 Å². The van der Waals surface area contributed by atoms with Crippen molar-refractivity contribution < 1.29 is 26.7 Å². The number of sulfonamides is 2. The maximum absolute atomic E-state index is 11.7. The second kappa shape index (κ2) is 5.55. The fourth-order valence-corrected chi connectivity index (χ4v) is 3.12. The van der Waals surface area contributed by atoms with E-state index in [2.05, 4.69) is 0 Å². The standard InChI is InChI=1S/C9H12N2O6S2/c1-10-19(16,17)8-5-3-2-4-7(8)11-18(14,15)6-9(12)13/h2-5,10-11H,6H2,1H3,(H,12,13). The largest absolute Gasteiger partial charge is 0.480 e. The molecule has 0 bridgehead atoms. The van der Waals surface area contributed by atoms with Crippen LogP contribution in [0.5, 0.6) is 0 Å². The van der Waals surface area contributed by atoms with Gasteiger partial charge in [-0.3, -0.25) is 9.52 Å². The summed E-state index contributed by atoms with van der Waals surface area (Å²) in [5.74, 6) is -2.69. The molecule has 0 aliphatic heterocycles. The Morgan fingerprint density at radius 2 is 1.79 bits per heavy atom. The molecule has 0 aliphatic carbocycles. The molecule has 0 aromatic heterocycles. The minimum atomic E-state index is -4.17. The van der Waals surface area contributed by atoms with E-state index in [-0.39, 0.29) is 10.6 Å². The first-order valence-electron chi connectivity index (χ1n) is 4.93. The van der Waals surface area contributed by atoms with E-state index in [0.717, 1.165) is 0 Å². The molecule has 0 amide bonds. The zero-order valence-electron chi connectivity index (χ0n) is 9.82. The molecule has 0 saturated carbocycles. The van der Waals surface area contributed by atoms with E-state index in [1.807, 2.05) is 9.44 Å². The quantitative estimate of drug-likeness (QED) is 0.644. The van der Waals surface area contributed by atoms with Crippen LogP contribution in [-0.4, -0.2) is 40.7 Å². The van der Waals surface area contributed by atoms with E-state index in [1.165, 1.54) is 31.3 Å². The molecule has 0 unspecified atom stereocenters. The monoisotopic (exact) mass is 308 g/mol. The SMILES string of the molecule is CNS(=O)(=O)c1ccccc1NS(=O)(=O)CC(=O)O. The van der Waals surface area contributed by atoms with Crippen LogP contribution >= 0.6 is 0 Å². The van der Waals surface area contributed by atoms with Crippen molar-refractivity contribution in [1.29, 1.82) is 0 Å². The lowest BCUT2D eigenvalue weighted by Gasteiger charge is -2.11. The number of para-hydroxylation sites is 1. The molecule has 3 N–H and O–H groups in total. The van der Waals surface area contributed by atoms with E-state index in [0.29, 0.717) is 0 Å². The second-order valence-electron chi connectivity index (χ2n) is 3.46. The van der Waals surface area contributed by atoms with Crippen LogP contribution in [0.15, 0.2) is 29.2 Å². The molecule has 0 saturated heterocycles. The lowest BCUT2D eigenvalue weighted by atomic mass is 10.3. The van der Waals surface area contributed by atoms with Crippen LogP contribution in [0, 0.1) is 0 Å². The first-order chi connectivity index (χ1) is 8.68.